The zero-order valence-corrected chi connectivity index (χ0v) is 15.5. The number of rotatable bonds is 6. The van der Waals surface area contributed by atoms with Crippen molar-refractivity contribution in [1.82, 2.24) is 0 Å². The van der Waals surface area contributed by atoms with Gasteiger partial charge in [-0.25, -0.2) is 0 Å². The summed E-state index contributed by atoms with van der Waals surface area (Å²) in [6, 6.07) is 9.85. The van der Waals surface area contributed by atoms with Crippen molar-refractivity contribution >= 4 is 23.2 Å². The Morgan fingerprint density at radius 3 is 2.58 bits per heavy atom. The van der Waals surface area contributed by atoms with Crippen LogP contribution in [0.2, 0.25) is 5.02 Å². The first kappa shape index (κ1) is 18.3. The van der Waals surface area contributed by atoms with E-state index in [1.807, 2.05) is 45.0 Å². The van der Waals surface area contributed by atoms with Crippen molar-refractivity contribution in [3.63, 3.8) is 0 Å². The number of carbonyl (C=O) groups excluding carboxylic acids is 1. The van der Waals surface area contributed by atoms with Crippen molar-refractivity contribution in [3.8, 4) is 5.75 Å². The SMILES string of the molecule is Cc1cc(C)c(NC(=O)CCCOc2cccc(C)c2C)c(Cl)c1. The molecule has 24 heavy (non-hydrogen) atoms. The summed E-state index contributed by atoms with van der Waals surface area (Å²) in [6.45, 7) is 8.54. The van der Waals surface area contributed by atoms with Crippen LogP contribution in [0.3, 0.4) is 0 Å². The molecule has 0 aliphatic heterocycles. The fourth-order valence-electron chi connectivity index (χ4n) is 2.57. The van der Waals surface area contributed by atoms with Gasteiger partial charge in [-0.2, -0.15) is 0 Å². The molecule has 0 radical (unpaired) electrons. The molecule has 0 aliphatic rings. The quantitative estimate of drug-likeness (QED) is 0.714. The van der Waals surface area contributed by atoms with Crippen molar-refractivity contribution in [3.05, 3.63) is 57.6 Å². The third-order valence-electron chi connectivity index (χ3n) is 4.06. The maximum absolute atomic E-state index is 12.1. The van der Waals surface area contributed by atoms with Crippen LogP contribution >= 0.6 is 11.6 Å². The maximum Gasteiger partial charge on any atom is 0.224 e. The third-order valence-corrected chi connectivity index (χ3v) is 4.35. The fourth-order valence-corrected chi connectivity index (χ4v) is 2.94. The first-order chi connectivity index (χ1) is 11.4. The average Bonchev–Trinajstić information content (AvgIpc) is 2.51. The van der Waals surface area contributed by atoms with Crippen LogP contribution in [0, 0.1) is 27.7 Å². The summed E-state index contributed by atoms with van der Waals surface area (Å²) >= 11 is 6.21. The Morgan fingerprint density at radius 1 is 1.12 bits per heavy atom. The summed E-state index contributed by atoms with van der Waals surface area (Å²) in [7, 11) is 0. The van der Waals surface area contributed by atoms with Gasteiger partial charge in [-0.05, 0) is 68.5 Å². The van der Waals surface area contributed by atoms with Crippen LogP contribution in [-0.2, 0) is 4.79 Å². The lowest BCUT2D eigenvalue weighted by Gasteiger charge is -2.12. The van der Waals surface area contributed by atoms with Crippen LogP contribution in [0.5, 0.6) is 5.75 Å². The molecule has 128 valence electrons. The maximum atomic E-state index is 12.1. The van der Waals surface area contributed by atoms with Crippen LogP contribution < -0.4 is 10.1 Å². The Kier molecular flexibility index (Phi) is 6.27. The molecule has 0 aromatic heterocycles. The molecular weight excluding hydrogens is 322 g/mol. The second kappa shape index (κ2) is 8.20. The van der Waals surface area contributed by atoms with Crippen LogP contribution in [0.4, 0.5) is 5.69 Å². The summed E-state index contributed by atoms with van der Waals surface area (Å²) in [6.07, 6.45) is 1.05. The number of benzene rings is 2. The lowest BCUT2D eigenvalue weighted by molar-refractivity contribution is -0.116. The van der Waals surface area contributed by atoms with Gasteiger partial charge in [-0.3, -0.25) is 4.79 Å². The molecule has 3 nitrogen and oxygen atoms in total. The standard InChI is InChI=1S/C20H24ClNO2/c1-13-11-15(3)20(17(21)12-13)22-19(23)9-6-10-24-18-8-5-7-14(2)16(18)4/h5,7-8,11-12H,6,9-10H2,1-4H3,(H,22,23). The second-order valence-corrected chi connectivity index (χ2v) is 6.54. The van der Waals surface area contributed by atoms with E-state index in [2.05, 4.69) is 18.3 Å². The van der Waals surface area contributed by atoms with Crippen molar-refractivity contribution in [1.29, 1.82) is 0 Å². The molecule has 0 saturated carbocycles. The first-order valence-corrected chi connectivity index (χ1v) is 8.52. The molecule has 2 rings (SSSR count). The van der Waals surface area contributed by atoms with Crippen LogP contribution in [-0.4, -0.2) is 12.5 Å². The van der Waals surface area contributed by atoms with E-state index in [1.54, 1.807) is 0 Å². The highest BCUT2D eigenvalue weighted by Crippen LogP contribution is 2.27. The Hall–Kier alpha value is -2.00. The van der Waals surface area contributed by atoms with E-state index in [1.165, 1.54) is 5.56 Å². The van der Waals surface area contributed by atoms with Crippen LogP contribution in [0.1, 0.15) is 35.1 Å². The van der Waals surface area contributed by atoms with E-state index in [-0.39, 0.29) is 5.91 Å². The highest BCUT2D eigenvalue weighted by atomic mass is 35.5. The second-order valence-electron chi connectivity index (χ2n) is 6.14. The number of hydrogen-bond acceptors (Lipinski definition) is 2. The summed E-state index contributed by atoms with van der Waals surface area (Å²) in [5.41, 5.74) is 5.10. The minimum absolute atomic E-state index is 0.0478. The fraction of sp³-hybridized carbons (Fsp3) is 0.350. The lowest BCUT2D eigenvalue weighted by atomic mass is 10.1. The topological polar surface area (TPSA) is 38.3 Å². The van der Waals surface area contributed by atoms with Gasteiger partial charge in [0.1, 0.15) is 5.75 Å². The molecular formula is C20H24ClNO2. The molecule has 0 spiro atoms. The average molecular weight is 346 g/mol. The van der Waals surface area contributed by atoms with Crippen molar-refractivity contribution < 1.29 is 9.53 Å². The van der Waals surface area contributed by atoms with E-state index >= 15 is 0 Å². The predicted molar refractivity (Wildman–Crippen MR) is 100 cm³/mol. The molecule has 1 N–H and O–H groups in total. The number of aryl methyl sites for hydroxylation is 3. The molecule has 2 aromatic carbocycles. The monoisotopic (exact) mass is 345 g/mol. The third kappa shape index (κ3) is 4.75. The van der Waals surface area contributed by atoms with Gasteiger partial charge in [0.15, 0.2) is 0 Å². The van der Waals surface area contributed by atoms with Gasteiger partial charge in [-0.15, -0.1) is 0 Å². The molecule has 0 atom stereocenters. The number of hydrogen-bond donors (Lipinski definition) is 1. The largest absolute Gasteiger partial charge is 0.493 e. The smallest absolute Gasteiger partial charge is 0.224 e. The summed E-state index contributed by atoms with van der Waals surface area (Å²) in [4.78, 5) is 12.1. The number of carbonyl (C=O) groups is 1. The molecule has 0 heterocycles. The Labute approximate surface area is 149 Å². The zero-order valence-electron chi connectivity index (χ0n) is 14.7. The van der Waals surface area contributed by atoms with Gasteiger partial charge in [-0.1, -0.05) is 29.8 Å². The molecule has 0 saturated heterocycles. The van der Waals surface area contributed by atoms with Crippen LogP contribution in [0.15, 0.2) is 30.3 Å². The minimum atomic E-state index is -0.0478. The number of anilines is 1. The predicted octanol–water partition coefficient (Wildman–Crippen LogP) is 5.37. The molecule has 4 heteroatoms. The Morgan fingerprint density at radius 2 is 1.88 bits per heavy atom. The van der Waals surface area contributed by atoms with Crippen molar-refractivity contribution in [2.45, 2.75) is 40.5 Å². The van der Waals surface area contributed by atoms with E-state index in [4.69, 9.17) is 16.3 Å². The van der Waals surface area contributed by atoms with Gasteiger partial charge in [0.2, 0.25) is 5.91 Å². The Bertz CT molecular complexity index is 717. The van der Waals surface area contributed by atoms with E-state index in [0.717, 1.165) is 22.4 Å². The van der Waals surface area contributed by atoms with Gasteiger partial charge < -0.3 is 10.1 Å². The molecule has 0 aliphatic carbocycles. The van der Waals surface area contributed by atoms with Crippen molar-refractivity contribution in [2.24, 2.45) is 0 Å². The highest BCUT2D eigenvalue weighted by molar-refractivity contribution is 6.34. The number of amides is 1. The summed E-state index contributed by atoms with van der Waals surface area (Å²) in [5.74, 6) is 0.834. The summed E-state index contributed by atoms with van der Waals surface area (Å²) in [5, 5.41) is 3.47. The molecule has 0 unspecified atom stereocenters. The normalized spacial score (nSPS) is 10.5. The lowest BCUT2D eigenvalue weighted by Crippen LogP contribution is -2.14. The van der Waals surface area contributed by atoms with Gasteiger partial charge in [0.05, 0.1) is 17.3 Å². The minimum Gasteiger partial charge on any atom is -0.493 e. The van der Waals surface area contributed by atoms with Gasteiger partial charge in [0, 0.05) is 6.42 Å². The molecule has 0 bridgehead atoms. The molecule has 2 aromatic rings. The molecule has 0 fully saturated rings. The number of ether oxygens (including phenoxy) is 1. The molecule has 1 amide bonds. The van der Waals surface area contributed by atoms with E-state index in [0.29, 0.717) is 30.2 Å². The van der Waals surface area contributed by atoms with Gasteiger partial charge >= 0.3 is 0 Å². The zero-order chi connectivity index (χ0) is 17.7. The highest BCUT2D eigenvalue weighted by Gasteiger charge is 2.10. The van der Waals surface area contributed by atoms with Crippen LogP contribution in [0.25, 0.3) is 0 Å². The Balaban J connectivity index is 1.83. The van der Waals surface area contributed by atoms with Gasteiger partial charge in [0.25, 0.3) is 0 Å². The van der Waals surface area contributed by atoms with E-state index in [9.17, 15) is 4.79 Å². The first-order valence-electron chi connectivity index (χ1n) is 8.14. The number of nitrogens with one attached hydrogen (secondary N) is 1. The van der Waals surface area contributed by atoms with Crippen molar-refractivity contribution in [2.75, 3.05) is 11.9 Å². The summed E-state index contributed by atoms with van der Waals surface area (Å²) < 4.78 is 5.78. The van der Waals surface area contributed by atoms with E-state index < -0.39 is 0 Å². The number of halogens is 1.